The third kappa shape index (κ3) is 2.61. The van der Waals surface area contributed by atoms with Gasteiger partial charge in [0.15, 0.2) is 0 Å². The molecule has 0 aliphatic carbocycles. The lowest BCUT2D eigenvalue weighted by Gasteiger charge is -2.09. The first kappa shape index (κ1) is 12.8. The van der Waals surface area contributed by atoms with Crippen LogP contribution in [0, 0.1) is 11.3 Å². The number of hydrogen-bond acceptors (Lipinski definition) is 4. The number of methoxy groups -OCH3 is 2. The zero-order valence-electron chi connectivity index (χ0n) is 10.7. The molecule has 4 heteroatoms. The summed E-state index contributed by atoms with van der Waals surface area (Å²) in [6, 6.07) is 12.3. The van der Waals surface area contributed by atoms with Gasteiger partial charge in [0, 0.05) is 6.07 Å². The second kappa shape index (κ2) is 5.32. The van der Waals surface area contributed by atoms with E-state index in [9.17, 15) is 5.11 Å². The van der Waals surface area contributed by atoms with Crippen molar-refractivity contribution in [3.63, 3.8) is 0 Å². The van der Waals surface area contributed by atoms with E-state index in [0.717, 1.165) is 11.1 Å². The Kier molecular flexibility index (Phi) is 3.58. The van der Waals surface area contributed by atoms with Crippen molar-refractivity contribution in [2.75, 3.05) is 14.2 Å². The lowest BCUT2D eigenvalue weighted by Crippen LogP contribution is -1.89. The largest absolute Gasteiger partial charge is 0.507 e. The predicted octanol–water partition coefficient (Wildman–Crippen LogP) is 2.95. The van der Waals surface area contributed by atoms with Crippen LogP contribution in [0.1, 0.15) is 5.56 Å². The Morgan fingerprint density at radius 1 is 0.947 bits per heavy atom. The molecule has 0 amide bonds. The van der Waals surface area contributed by atoms with Gasteiger partial charge in [-0.05, 0) is 35.4 Å². The molecule has 0 atom stereocenters. The Labute approximate surface area is 111 Å². The molecular formula is C15H13NO3. The van der Waals surface area contributed by atoms with Crippen molar-refractivity contribution in [1.82, 2.24) is 0 Å². The Bertz CT molecular complexity index is 622. The summed E-state index contributed by atoms with van der Waals surface area (Å²) in [5, 5.41) is 18.4. The van der Waals surface area contributed by atoms with Crippen molar-refractivity contribution in [2.45, 2.75) is 0 Å². The summed E-state index contributed by atoms with van der Waals surface area (Å²) in [5.74, 6) is 1.31. The van der Waals surface area contributed by atoms with Gasteiger partial charge >= 0.3 is 0 Å². The number of nitriles is 1. The van der Waals surface area contributed by atoms with Gasteiger partial charge in [-0.2, -0.15) is 5.26 Å². The van der Waals surface area contributed by atoms with E-state index in [2.05, 4.69) is 0 Å². The SMILES string of the molecule is COc1cc(OC)cc(-c2ccc(O)c(C#N)c2)c1. The molecule has 0 spiro atoms. The molecule has 4 nitrogen and oxygen atoms in total. The lowest BCUT2D eigenvalue weighted by molar-refractivity contribution is 0.394. The van der Waals surface area contributed by atoms with Crippen molar-refractivity contribution in [3.05, 3.63) is 42.0 Å². The van der Waals surface area contributed by atoms with Gasteiger partial charge in [0.1, 0.15) is 23.3 Å². The second-order valence-electron chi connectivity index (χ2n) is 3.95. The summed E-state index contributed by atoms with van der Waals surface area (Å²) in [6.45, 7) is 0. The fourth-order valence-electron chi connectivity index (χ4n) is 1.78. The fraction of sp³-hybridized carbons (Fsp3) is 0.133. The van der Waals surface area contributed by atoms with Crippen LogP contribution < -0.4 is 9.47 Å². The first-order valence-corrected chi connectivity index (χ1v) is 5.64. The van der Waals surface area contributed by atoms with Gasteiger partial charge in [0.2, 0.25) is 0 Å². The highest BCUT2D eigenvalue weighted by Gasteiger charge is 2.07. The summed E-state index contributed by atoms with van der Waals surface area (Å²) >= 11 is 0. The Morgan fingerprint density at radius 3 is 2.11 bits per heavy atom. The molecular weight excluding hydrogens is 242 g/mol. The number of hydrogen-bond donors (Lipinski definition) is 1. The van der Waals surface area contributed by atoms with Crippen molar-refractivity contribution in [3.8, 4) is 34.4 Å². The third-order valence-corrected chi connectivity index (χ3v) is 2.80. The number of nitrogens with zero attached hydrogens (tertiary/aromatic N) is 1. The minimum absolute atomic E-state index is 0.0267. The highest BCUT2D eigenvalue weighted by atomic mass is 16.5. The maximum absolute atomic E-state index is 9.51. The second-order valence-corrected chi connectivity index (χ2v) is 3.95. The van der Waals surface area contributed by atoms with Gasteiger partial charge < -0.3 is 14.6 Å². The average molecular weight is 255 g/mol. The number of aromatic hydroxyl groups is 1. The Hall–Kier alpha value is -2.67. The maximum Gasteiger partial charge on any atom is 0.133 e. The van der Waals surface area contributed by atoms with Gasteiger partial charge in [-0.1, -0.05) is 6.07 Å². The molecule has 1 N–H and O–H groups in total. The molecule has 0 bridgehead atoms. The highest BCUT2D eigenvalue weighted by Crippen LogP contribution is 2.31. The van der Waals surface area contributed by atoms with Crippen LogP contribution in [-0.4, -0.2) is 19.3 Å². The van der Waals surface area contributed by atoms with E-state index in [1.165, 1.54) is 6.07 Å². The Balaban J connectivity index is 2.55. The zero-order chi connectivity index (χ0) is 13.8. The molecule has 0 fully saturated rings. The van der Waals surface area contributed by atoms with Crippen LogP contribution in [0.4, 0.5) is 0 Å². The molecule has 0 saturated carbocycles. The molecule has 2 rings (SSSR count). The van der Waals surface area contributed by atoms with Crippen LogP contribution in [0.2, 0.25) is 0 Å². The lowest BCUT2D eigenvalue weighted by atomic mass is 10.0. The summed E-state index contributed by atoms with van der Waals surface area (Å²) < 4.78 is 10.4. The monoisotopic (exact) mass is 255 g/mol. The van der Waals surface area contributed by atoms with Crippen LogP contribution in [0.25, 0.3) is 11.1 Å². The molecule has 0 radical (unpaired) electrons. The fourth-order valence-corrected chi connectivity index (χ4v) is 1.78. The van der Waals surface area contributed by atoms with Crippen molar-refractivity contribution < 1.29 is 14.6 Å². The van der Waals surface area contributed by atoms with Crippen LogP contribution in [-0.2, 0) is 0 Å². The zero-order valence-corrected chi connectivity index (χ0v) is 10.7. The van der Waals surface area contributed by atoms with Crippen molar-refractivity contribution in [2.24, 2.45) is 0 Å². The summed E-state index contributed by atoms with van der Waals surface area (Å²) in [7, 11) is 3.16. The molecule has 0 heterocycles. The number of benzene rings is 2. The normalized spacial score (nSPS) is 9.74. The number of ether oxygens (including phenoxy) is 2. The molecule has 0 aliphatic rings. The van der Waals surface area contributed by atoms with Gasteiger partial charge in [0.25, 0.3) is 0 Å². The average Bonchev–Trinajstić information content (AvgIpc) is 2.47. The number of phenols is 1. The molecule has 0 aliphatic heterocycles. The molecule has 0 aromatic heterocycles. The summed E-state index contributed by atoms with van der Waals surface area (Å²) in [5.41, 5.74) is 1.90. The number of rotatable bonds is 3. The molecule has 0 unspecified atom stereocenters. The first-order chi connectivity index (χ1) is 9.17. The smallest absolute Gasteiger partial charge is 0.133 e. The standard InChI is InChI=1S/C15H13NO3/c1-18-13-6-11(7-14(8-13)19-2)10-3-4-15(17)12(5-10)9-16/h3-8,17H,1-2H3. The van der Waals surface area contributed by atoms with E-state index >= 15 is 0 Å². The van der Waals surface area contributed by atoms with Gasteiger partial charge in [-0.3, -0.25) is 0 Å². The topological polar surface area (TPSA) is 62.5 Å². The molecule has 96 valence electrons. The van der Waals surface area contributed by atoms with E-state index in [4.69, 9.17) is 14.7 Å². The molecule has 0 saturated heterocycles. The van der Waals surface area contributed by atoms with Crippen LogP contribution in [0.5, 0.6) is 17.2 Å². The van der Waals surface area contributed by atoms with E-state index in [0.29, 0.717) is 11.5 Å². The molecule has 2 aromatic carbocycles. The van der Waals surface area contributed by atoms with Gasteiger partial charge in [-0.25, -0.2) is 0 Å². The number of phenolic OH excluding ortho intramolecular Hbond substituents is 1. The summed E-state index contributed by atoms with van der Waals surface area (Å²) in [4.78, 5) is 0. The minimum Gasteiger partial charge on any atom is -0.507 e. The predicted molar refractivity (Wildman–Crippen MR) is 71.4 cm³/mol. The maximum atomic E-state index is 9.51. The Morgan fingerprint density at radius 2 is 1.58 bits per heavy atom. The van der Waals surface area contributed by atoms with Gasteiger partial charge in [-0.15, -0.1) is 0 Å². The highest BCUT2D eigenvalue weighted by molar-refractivity contribution is 5.70. The van der Waals surface area contributed by atoms with E-state index < -0.39 is 0 Å². The van der Waals surface area contributed by atoms with Crippen LogP contribution in [0.3, 0.4) is 0 Å². The van der Waals surface area contributed by atoms with Crippen LogP contribution in [0.15, 0.2) is 36.4 Å². The summed E-state index contributed by atoms with van der Waals surface area (Å²) in [6.07, 6.45) is 0. The van der Waals surface area contributed by atoms with E-state index in [1.54, 1.807) is 32.4 Å². The minimum atomic E-state index is -0.0267. The third-order valence-electron chi connectivity index (χ3n) is 2.80. The molecule has 19 heavy (non-hydrogen) atoms. The van der Waals surface area contributed by atoms with Gasteiger partial charge in [0.05, 0.1) is 19.8 Å². The van der Waals surface area contributed by atoms with Crippen LogP contribution >= 0.6 is 0 Å². The van der Waals surface area contributed by atoms with E-state index in [1.807, 2.05) is 18.2 Å². The van der Waals surface area contributed by atoms with E-state index in [-0.39, 0.29) is 11.3 Å². The van der Waals surface area contributed by atoms with Crippen molar-refractivity contribution >= 4 is 0 Å². The molecule has 2 aromatic rings. The quantitative estimate of drug-likeness (QED) is 0.915. The first-order valence-electron chi connectivity index (χ1n) is 5.64. The van der Waals surface area contributed by atoms with Crippen molar-refractivity contribution in [1.29, 1.82) is 5.26 Å².